The minimum Gasteiger partial charge on any atom is -0.384 e. The number of H-pyrrole nitrogens is 1. The molecular weight excluding hydrogens is 1090 g/mol. The van der Waals surface area contributed by atoms with Crippen LogP contribution in [0.5, 0.6) is 0 Å². The van der Waals surface area contributed by atoms with Gasteiger partial charge < -0.3 is 69.6 Å². The zero-order valence-corrected chi connectivity index (χ0v) is 38.5. The zero-order valence-electron chi connectivity index (χ0n) is 30.7. The van der Waals surface area contributed by atoms with Gasteiger partial charge in [-0.3, -0.25) is 18.2 Å². The van der Waals surface area contributed by atoms with Crippen molar-refractivity contribution in [3.8, 4) is 0 Å². The molecule has 368 valence electrons. The van der Waals surface area contributed by atoms with Gasteiger partial charge in [0, 0.05) is 12.4 Å². The number of phosphoric acid groups is 6. The molecule has 29 nitrogen and oxygen atoms in total. The van der Waals surface area contributed by atoms with E-state index in [-0.39, 0.29) is 0 Å². The van der Waals surface area contributed by atoms with E-state index in [0.29, 0.717) is 35.4 Å². The molecule has 0 aromatic carbocycles. The van der Waals surface area contributed by atoms with Crippen molar-refractivity contribution in [3.63, 3.8) is 0 Å². The normalized spacial score (nSPS) is 32.4. The SMILES string of the molecule is CC1(F)[C@@H](O)[C@@](F)(COP(=O)(O)OP(=O)(O)OP(=O)(O)O)O[C@H]1n1cc(F)c(=S)[nH]c1=S.CC1(F)[C@@H](O)[C@@](F)(COP(=O)(O)OP(=O)(O)OP(=O)(O)O)O[C@H]1n1cc(F)c(N)nc1=S. The number of ether oxygens (including phenoxy) is 2. The summed E-state index contributed by atoms with van der Waals surface area (Å²) in [5, 5.41) is 20.1. The average Bonchev–Trinajstić information content (AvgIpc) is 3.37. The number of nitrogen functional groups attached to an aromatic ring is 1. The molecule has 0 bridgehead atoms. The van der Waals surface area contributed by atoms with Gasteiger partial charge in [-0.1, -0.05) is 12.2 Å². The topological polar surface area (TPSA) is 443 Å². The van der Waals surface area contributed by atoms with Crippen LogP contribution < -0.4 is 5.73 Å². The highest BCUT2D eigenvalue weighted by molar-refractivity contribution is 7.72. The third-order valence-corrected chi connectivity index (χ3v) is 16.0. The van der Waals surface area contributed by atoms with Gasteiger partial charge in [0.2, 0.25) is 4.77 Å². The van der Waals surface area contributed by atoms with Crippen molar-refractivity contribution in [2.24, 2.45) is 0 Å². The Hall–Kier alpha value is -1.14. The minimum atomic E-state index is -5.92. The lowest BCUT2D eigenvalue weighted by molar-refractivity contribution is -0.204. The van der Waals surface area contributed by atoms with Crippen molar-refractivity contribution in [2.45, 2.75) is 61.6 Å². The number of nitrogens with zero attached hydrogens (tertiary/aromatic N) is 3. The molecule has 4 heterocycles. The molecule has 2 aliphatic rings. The number of alkyl halides is 4. The second-order valence-corrected chi connectivity index (χ2v) is 22.7. The molecule has 2 aromatic rings. The maximum absolute atomic E-state index is 15.1. The first-order valence-corrected chi connectivity index (χ1v) is 25.7. The molecular formula is C20H29F6N5O24P6S3. The Labute approximate surface area is 365 Å². The van der Waals surface area contributed by atoms with Crippen molar-refractivity contribution in [3.05, 3.63) is 38.2 Å². The molecule has 2 fully saturated rings. The molecule has 0 amide bonds. The smallest absolute Gasteiger partial charge is 0.384 e. The summed E-state index contributed by atoms with van der Waals surface area (Å²) in [7, 11) is -34.8. The van der Waals surface area contributed by atoms with Crippen LogP contribution in [0.4, 0.5) is 32.2 Å². The molecule has 2 aromatic heterocycles. The number of hydrogen-bond donors (Lipinski definition) is 12. The van der Waals surface area contributed by atoms with Gasteiger partial charge in [0.15, 0.2) is 58.2 Å². The van der Waals surface area contributed by atoms with Gasteiger partial charge in [-0.15, -0.1) is 0 Å². The standard InChI is InChI=1S/C10H15F3N3O12P3S.C10H14F3N2O12P3S2/c1-9(12)6(17)10(13,26-7(9)16-2-4(11)5(14)15-8(16)32)3-25-30(21,22)28-31(23,24)27-29(18,19)20;1-9(12)6(16)10(13,25-7(9)15-2-4(11)5(31)14-8(15)32)3-24-29(20,21)27-30(22,23)26-28(17,18)19/h2,6-7,17H,3H2,1H3,(H,21,22)(H,23,24)(H2,14,15,32)(H2,18,19,20);2,6-7,16H,3H2,1H3,(H,20,21)(H,22,23)(H,14,31,32)(H2,17,18,19)/t2*6-,7-,9?,10-/m11/s1. The van der Waals surface area contributed by atoms with Gasteiger partial charge >= 0.3 is 46.9 Å². The van der Waals surface area contributed by atoms with Crippen molar-refractivity contribution < 1.29 is 139 Å². The van der Waals surface area contributed by atoms with Crippen LogP contribution in [0.2, 0.25) is 0 Å². The van der Waals surface area contributed by atoms with E-state index in [1.165, 1.54) is 0 Å². The minimum absolute atomic E-state index is 0.449. The Morgan fingerprint density at radius 1 is 0.688 bits per heavy atom. The van der Waals surface area contributed by atoms with E-state index in [4.69, 9.17) is 69.0 Å². The van der Waals surface area contributed by atoms with Gasteiger partial charge in [0.05, 0.1) is 0 Å². The highest BCUT2D eigenvalue weighted by atomic mass is 32.1. The maximum Gasteiger partial charge on any atom is 0.490 e. The lowest BCUT2D eigenvalue weighted by Gasteiger charge is -2.26. The van der Waals surface area contributed by atoms with E-state index >= 15 is 17.6 Å². The second kappa shape index (κ2) is 19.3. The van der Waals surface area contributed by atoms with E-state index in [1.807, 2.05) is 0 Å². The Kier molecular flexibility index (Phi) is 17.3. The highest BCUT2D eigenvalue weighted by Gasteiger charge is 2.66. The second-order valence-electron chi connectivity index (χ2n) is 12.7. The Morgan fingerprint density at radius 3 is 1.42 bits per heavy atom. The summed E-state index contributed by atoms with van der Waals surface area (Å²) < 4.78 is 186. The van der Waals surface area contributed by atoms with E-state index in [2.05, 4.69) is 48.5 Å². The molecule has 44 heteroatoms. The number of hydrogen-bond acceptors (Lipinski definition) is 21. The van der Waals surface area contributed by atoms with Crippen LogP contribution in [-0.2, 0) is 63.2 Å². The number of nitrogens with two attached hydrogens (primary N) is 1. The van der Waals surface area contributed by atoms with Crippen LogP contribution in [0.1, 0.15) is 26.3 Å². The number of phosphoric ester groups is 2. The predicted molar refractivity (Wildman–Crippen MR) is 196 cm³/mol. The molecule has 4 rings (SSSR count). The Morgan fingerprint density at radius 2 is 1.05 bits per heavy atom. The number of nitrogens with one attached hydrogen (secondary N) is 1. The number of aliphatic hydroxyl groups is 2. The lowest BCUT2D eigenvalue weighted by Crippen LogP contribution is -2.46. The largest absolute Gasteiger partial charge is 0.490 e. The number of rotatable bonds is 16. The highest BCUT2D eigenvalue weighted by Crippen LogP contribution is 2.68. The first kappa shape index (κ1) is 57.2. The monoisotopic (exact) mass is 1120 g/mol. The van der Waals surface area contributed by atoms with Crippen LogP contribution in [0.3, 0.4) is 0 Å². The molecule has 12 atom stereocenters. The number of anilines is 1. The van der Waals surface area contributed by atoms with Crippen LogP contribution in [0, 0.1) is 25.8 Å². The summed E-state index contributed by atoms with van der Waals surface area (Å²) in [6, 6.07) is 0. The van der Waals surface area contributed by atoms with E-state index in [0.717, 1.165) is 0 Å². The average molecular weight is 1120 g/mol. The quantitative estimate of drug-likeness (QED) is 0.0653. The van der Waals surface area contributed by atoms with Gasteiger partial charge in [0.25, 0.3) is 11.7 Å². The van der Waals surface area contributed by atoms with E-state index < -0.39 is 139 Å². The molecule has 2 saturated heterocycles. The number of halogens is 6. The fraction of sp³-hybridized carbons (Fsp3) is 0.600. The Balaban J connectivity index is 0.000000340. The lowest BCUT2D eigenvalue weighted by atomic mass is 9.97. The van der Waals surface area contributed by atoms with Gasteiger partial charge in [-0.2, -0.15) is 22.2 Å². The number of aromatic amines is 1. The van der Waals surface area contributed by atoms with Crippen molar-refractivity contribution in [2.75, 3.05) is 18.9 Å². The maximum atomic E-state index is 15.1. The van der Waals surface area contributed by atoms with Crippen molar-refractivity contribution in [1.82, 2.24) is 19.1 Å². The summed E-state index contributed by atoms with van der Waals surface area (Å²) in [4.78, 5) is 76.2. The van der Waals surface area contributed by atoms with E-state index in [1.54, 1.807) is 0 Å². The fourth-order valence-corrected chi connectivity index (χ4v) is 11.7. The molecule has 13 N–H and O–H groups in total. The number of aliphatic hydroxyl groups excluding tert-OH is 2. The van der Waals surface area contributed by atoms with Crippen LogP contribution in [0.15, 0.2) is 12.4 Å². The molecule has 0 saturated carbocycles. The summed E-state index contributed by atoms with van der Waals surface area (Å²) >= 11 is 14.2. The third kappa shape index (κ3) is 14.4. The molecule has 0 aliphatic carbocycles. The van der Waals surface area contributed by atoms with Gasteiger partial charge in [0.1, 0.15) is 17.9 Å². The Bertz CT molecular complexity index is 2600. The van der Waals surface area contributed by atoms with Gasteiger partial charge in [-0.25, -0.2) is 53.7 Å². The summed E-state index contributed by atoms with van der Waals surface area (Å²) in [5.41, 5.74) is -0.945. The summed E-state index contributed by atoms with van der Waals surface area (Å²) in [6.45, 7) is -2.45. The summed E-state index contributed by atoms with van der Waals surface area (Å²) in [6.07, 6.45) is -8.88. The molecule has 64 heavy (non-hydrogen) atoms. The molecule has 0 radical (unpaired) electrons. The van der Waals surface area contributed by atoms with E-state index in [9.17, 15) is 56.2 Å². The predicted octanol–water partition coefficient (Wildman–Crippen LogP) is 3.00. The van der Waals surface area contributed by atoms with Crippen molar-refractivity contribution in [1.29, 1.82) is 0 Å². The van der Waals surface area contributed by atoms with Crippen LogP contribution in [0.25, 0.3) is 0 Å². The summed E-state index contributed by atoms with van der Waals surface area (Å²) in [5.74, 6) is -10.3. The molecule has 2 aliphatic heterocycles. The third-order valence-electron chi connectivity index (χ3n) is 7.51. The van der Waals surface area contributed by atoms with Crippen LogP contribution >= 0.6 is 83.6 Å². The van der Waals surface area contributed by atoms with Crippen LogP contribution in [-0.4, -0.2) is 117 Å². The molecule has 0 spiro atoms. The van der Waals surface area contributed by atoms with Crippen molar-refractivity contribution >= 4 is 89.4 Å². The zero-order chi connectivity index (χ0) is 49.8. The fourth-order valence-electron chi connectivity index (χ4n) is 4.93. The number of aromatic nitrogens is 4. The molecule has 6 unspecified atom stereocenters. The first-order chi connectivity index (χ1) is 28.4. The first-order valence-electron chi connectivity index (χ1n) is 15.5. The van der Waals surface area contributed by atoms with Gasteiger partial charge in [-0.05, 0) is 38.3 Å².